The van der Waals surface area contributed by atoms with Crippen molar-refractivity contribution in [2.24, 2.45) is 0 Å². The Morgan fingerprint density at radius 1 is 1.28 bits per heavy atom. The van der Waals surface area contributed by atoms with Gasteiger partial charge in [-0.2, -0.15) is 0 Å². The number of hydrogen-bond acceptors (Lipinski definition) is 4. The van der Waals surface area contributed by atoms with Gasteiger partial charge in [-0.3, -0.25) is 4.79 Å². The van der Waals surface area contributed by atoms with Gasteiger partial charge in [0.1, 0.15) is 5.82 Å². The summed E-state index contributed by atoms with van der Waals surface area (Å²) in [4.78, 5) is 16.7. The summed E-state index contributed by atoms with van der Waals surface area (Å²) in [6.45, 7) is 5.32. The third kappa shape index (κ3) is 4.79. The van der Waals surface area contributed by atoms with Gasteiger partial charge in [0, 0.05) is 31.4 Å². The van der Waals surface area contributed by atoms with Crippen molar-refractivity contribution in [2.45, 2.75) is 25.7 Å². The zero-order chi connectivity index (χ0) is 17.5. The van der Waals surface area contributed by atoms with Crippen LogP contribution in [0, 0.1) is 6.92 Å². The van der Waals surface area contributed by atoms with Crippen molar-refractivity contribution in [1.82, 2.24) is 15.6 Å². The van der Waals surface area contributed by atoms with Crippen LogP contribution in [0.3, 0.4) is 0 Å². The first kappa shape index (κ1) is 17.4. The van der Waals surface area contributed by atoms with E-state index in [0.29, 0.717) is 19.0 Å². The number of aryl methyl sites for hydroxylation is 1. The van der Waals surface area contributed by atoms with Gasteiger partial charge in [-0.25, -0.2) is 4.98 Å². The molecule has 1 atom stereocenters. The van der Waals surface area contributed by atoms with Crippen molar-refractivity contribution >= 4 is 11.7 Å². The molecule has 5 nitrogen and oxygen atoms in total. The maximum atomic E-state index is 12.4. The molecule has 2 heterocycles. The van der Waals surface area contributed by atoms with Crippen molar-refractivity contribution < 1.29 is 4.79 Å². The van der Waals surface area contributed by atoms with E-state index in [2.05, 4.69) is 27.0 Å². The molecule has 1 saturated heterocycles. The fourth-order valence-corrected chi connectivity index (χ4v) is 3.20. The Bertz CT molecular complexity index is 710. The number of rotatable bonds is 6. The van der Waals surface area contributed by atoms with E-state index < -0.39 is 0 Å². The minimum atomic E-state index is -0.0230. The molecule has 1 amide bonds. The summed E-state index contributed by atoms with van der Waals surface area (Å²) in [5, 5.41) is 9.65. The topological polar surface area (TPSA) is 66.0 Å². The van der Waals surface area contributed by atoms with Crippen LogP contribution in [0.5, 0.6) is 0 Å². The molecule has 3 rings (SSSR count). The van der Waals surface area contributed by atoms with Crippen LogP contribution in [0.25, 0.3) is 0 Å². The van der Waals surface area contributed by atoms with Crippen LogP contribution < -0.4 is 16.0 Å². The van der Waals surface area contributed by atoms with E-state index >= 15 is 0 Å². The van der Waals surface area contributed by atoms with E-state index in [4.69, 9.17) is 0 Å². The quantitative estimate of drug-likeness (QED) is 0.709. The molecule has 0 spiro atoms. The predicted octanol–water partition coefficient (Wildman–Crippen LogP) is 2.70. The molecule has 0 aliphatic carbocycles. The summed E-state index contributed by atoms with van der Waals surface area (Å²) >= 11 is 0. The summed E-state index contributed by atoms with van der Waals surface area (Å²) in [7, 11) is 0. The molecule has 1 aromatic heterocycles. The minimum Gasteiger partial charge on any atom is -0.368 e. The van der Waals surface area contributed by atoms with Gasteiger partial charge >= 0.3 is 0 Å². The third-order valence-electron chi connectivity index (χ3n) is 4.63. The van der Waals surface area contributed by atoms with Crippen LogP contribution in [0.2, 0.25) is 0 Å². The number of aromatic nitrogens is 1. The number of nitrogens with zero attached hydrogens (tertiary/aromatic N) is 1. The molecule has 1 fully saturated rings. The van der Waals surface area contributed by atoms with E-state index in [1.54, 1.807) is 6.20 Å². The van der Waals surface area contributed by atoms with Crippen LogP contribution >= 0.6 is 0 Å². The van der Waals surface area contributed by atoms with Gasteiger partial charge in [0.05, 0.1) is 0 Å². The van der Waals surface area contributed by atoms with Crippen molar-refractivity contribution in [3.8, 4) is 0 Å². The molecule has 0 radical (unpaired) electrons. The van der Waals surface area contributed by atoms with Gasteiger partial charge in [-0.1, -0.05) is 18.2 Å². The third-order valence-corrected chi connectivity index (χ3v) is 4.63. The van der Waals surface area contributed by atoms with Crippen molar-refractivity contribution in [1.29, 1.82) is 0 Å². The first-order valence-electron chi connectivity index (χ1n) is 8.98. The maximum Gasteiger partial charge on any atom is 0.251 e. The molecule has 3 N–H and O–H groups in total. The Labute approximate surface area is 149 Å². The Hall–Kier alpha value is -2.40. The molecular weight excluding hydrogens is 312 g/mol. The predicted molar refractivity (Wildman–Crippen MR) is 101 cm³/mol. The lowest BCUT2D eigenvalue weighted by Crippen LogP contribution is -2.30. The van der Waals surface area contributed by atoms with Crippen LogP contribution in [0.15, 0.2) is 42.6 Å². The van der Waals surface area contributed by atoms with E-state index in [0.717, 1.165) is 30.0 Å². The molecule has 0 bridgehead atoms. The maximum absolute atomic E-state index is 12.4. The number of carbonyl (C=O) groups excluding carboxylic acids is 1. The minimum absolute atomic E-state index is 0.0230. The molecule has 2 aromatic rings. The van der Waals surface area contributed by atoms with E-state index in [1.165, 1.54) is 18.4 Å². The first-order valence-corrected chi connectivity index (χ1v) is 8.98. The highest BCUT2D eigenvalue weighted by atomic mass is 16.1. The zero-order valence-electron chi connectivity index (χ0n) is 14.7. The summed E-state index contributed by atoms with van der Waals surface area (Å²) in [5.74, 6) is 1.35. The monoisotopic (exact) mass is 338 g/mol. The van der Waals surface area contributed by atoms with E-state index in [1.807, 2.05) is 37.3 Å². The second-order valence-corrected chi connectivity index (χ2v) is 6.52. The number of amides is 1. The van der Waals surface area contributed by atoms with Gasteiger partial charge in [0.2, 0.25) is 0 Å². The number of nitrogens with one attached hydrogen (secondary N) is 3. The second-order valence-electron chi connectivity index (χ2n) is 6.52. The summed E-state index contributed by atoms with van der Waals surface area (Å²) < 4.78 is 0. The van der Waals surface area contributed by atoms with Gasteiger partial charge in [-0.15, -0.1) is 0 Å². The Morgan fingerprint density at radius 3 is 3.00 bits per heavy atom. The molecule has 5 heteroatoms. The Morgan fingerprint density at radius 2 is 2.20 bits per heavy atom. The number of anilines is 1. The summed E-state index contributed by atoms with van der Waals surface area (Å²) in [6, 6.07) is 11.9. The molecule has 0 saturated carbocycles. The molecule has 1 aromatic carbocycles. The fourth-order valence-electron chi connectivity index (χ4n) is 3.20. The van der Waals surface area contributed by atoms with Crippen molar-refractivity contribution in [3.63, 3.8) is 0 Å². The smallest absolute Gasteiger partial charge is 0.251 e. The number of hydrogen-bond donors (Lipinski definition) is 3. The molecule has 25 heavy (non-hydrogen) atoms. The number of piperidine rings is 1. The van der Waals surface area contributed by atoms with Gasteiger partial charge in [-0.05, 0) is 61.6 Å². The SMILES string of the molecule is Cc1cccnc1NCCNC(=O)c1cccc([C@@H]2CCCNC2)c1. The van der Waals surface area contributed by atoms with Gasteiger partial charge < -0.3 is 16.0 Å². The lowest BCUT2D eigenvalue weighted by Gasteiger charge is -2.23. The molecule has 132 valence electrons. The second kappa shape index (κ2) is 8.62. The standard InChI is InChI=1S/C20H26N4O/c1-15-5-3-10-22-19(15)23-11-12-24-20(25)17-7-2-6-16(13-17)18-8-4-9-21-14-18/h2-3,5-7,10,13,18,21H,4,8-9,11-12,14H2,1H3,(H,22,23)(H,24,25)/t18-/m1/s1. The Balaban J connectivity index is 1.50. The van der Waals surface area contributed by atoms with Gasteiger partial charge in [0.25, 0.3) is 5.91 Å². The lowest BCUT2D eigenvalue weighted by molar-refractivity contribution is 0.0955. The molecular formula is C20H26N4O. The normalized spacial score (nSPS) is 17.1. The highest BCUT2D eigenvalue weighted by Gasteiger charge is 2.16. The number of carbonyl (C=O) groups is 1. The van der Waals surface area contributed by atoms with Crippen molar-refractivity contribution in [2.75, 3.05) is 31.5 Å². The first-order chi connectivity index (χ1) is 12.2. The van der Waals surface area contributed by atoms with Crippen LogP contribution in [-0.2, 0) is 0 Å². The lowest BCUT2D eigenvalue weighted by atomic mass is 9.90. The highest BCUT2D eigenvalue weighted by molar-refractivity contribution is 5.94. The number of benzene rings is 1. The average Bonchev–Trinajstić information content (AvgIpc) is 2.67. The van der Waals surface area contributed by atoms with Crippen LogP contribution in [0.4, 0.5) is 5.82 Å². The summed E-state index contributed by atoms with van der Waals surface area (Å²) in [6.07, 6.45) is 4.14. The molecule has 1 aliphatic rings. The van der Waals surface area contributed by atoms with E-state index in [9.17, 15) is 4.79 Å². The largest absolute Gasteiger partial charge is 0.368 e. The average molecular weight is 338 g/mol. The highest BCUT2D eigenvalue weighted by Crippen LogP contribution is 2.23. The number of pyridine rings is 1. The summed E-state index contributed by atoms with van der Waals surface area (Å²) in [5.41, 5.74) is 3.08. The van der Waals surface area contributed by atoms with E-state index in [-0.39, 0.29) is 5.91 Å². The van der Waals surface area contributed by atoms with Crippen LogP contribution in [-0.4, -0.2) is 37.1 Å². The molecule has 0 unspecified atom stereocenters. The molecule has 1 aliphatic heterocycles. The Kier molecular flexibility index (Phi) is 6.01. The van der Waals surface area contributed by atoms with Gasteiger partial charge in [0.15, 0.2) is 0 Å². The van der Waals surface area contributed by atoms with Crippen LogP contribution in [0.1, 0.15) is 40.2 Å². The zero-order valence-corrected chi connectivity index (χ0v) is 14.7. The fraction of sp³-hybridized carbons (Fsp3) is 0.400. The van der Waals surface area contributed by atoms with Crippen molar-refractivity contribution in [3.05, 3.63) is 59.3 Å².